The van der Waals surface area contributed by atoms with Crippen molar-refractivity contribution in [3.8, 4) is 0 Å². The van der Waals surface area contributed by atoms with Crippen LogP contribution in [0.5, 0.6) is 0 Å². The van der Waals surface area contributed by atoms with Gasteiger partial charge in [0, 0.05) is 7.11 Å². The first kappa shape index (κ1) is 11.6. The minimum Gasteiger partial charge on any atom is -0.756 e. The van der Waals surface area contributed by atoms with Crippen LogP contribution in [0.1, 0.15) is 6.42 Å². The third-order valence-electron chi connectivity index (χ3n) is 1.03. The first-order chi connectivity index (χ1) is 5.62. The lowest BCUT2D eigenvalue weighted by Gasteiger charge is -2.19. The van der Waals surface area contributed by atoms with Crippen LogP contribution in [-0.2, 0) is 13.6 Å². The average molecular weight is 191 g/mol. The number of phosphoric acid groups is 1. The van der Waals surface area contributed by atoms with Gasteiger partial charge in [-0.3, -0.25) is 4.57 Å². The van der Waals surface area contributed by atoms with Crippen molar-refractivity contribution < 1.29 is 18.5 Å². The highest BCUT2D eigenvalue weighted by atomic mass is 31.2. The van der Waals surface area contributed by atoms with Crippen molar-refractivity contribution in [3.05, 3.63) is 24.8 Å². The minimum atomic E-state index is -4.03. The summed E-state index contributed by atoms with van der Waals surface area (Å²) in [5.41, 5.74) is 0. The van der Waals surface area contributed by atoms with Crippen molar-refractivity contribution in [2.45, 2.75) is 6.42 Å². The molecule has 0 N–H and O–H groups in total. The second kappa shape index (κ2) is 6.14. The highest BCUT2D eigenvalue weighted by Gasteiger charge is 2.03. The van der Waals surface area contributed by atoms with Crippen molar-refractivity contribution in [3.63, 3.8) is 0 Å². The van der Waals surface area contributed by atoms with Gasteiger partial charge >= 0.3 is 0 Å². The Bertz CT molecular complexity index is 200. The molecular weight excluding hydrogens is 179 g/mol. The molecule has 0 spiro atoms. The van der Waals surface area contributed by atoms with Gasteiger partial charge < -0.3 is 13.9 Å². The summed E-state index contributed by atoms with van der Waals surface area (Å²) in [7, 11) is -2.97. The first-order valence-corrected chi connectivity index (χ1v) is 4.87. The molecule has 0 aromatic rings. The second-order valence-electron chi connectivity index (χ2n) is 1.92. The van der Waals surface area contributed by atoms with Gasteiger partial charge in [-0.25, -0.2) is 0 Å². The Labute approximate surface area is 72.1 Å². The molecule has 4 nitrogen and oxygen atoms in total. The molecule has 0 radical (unpaired) electrons. The van der Waals surface area contributed by atoms with Crippen LogP contribution in [0, 0.1) is 0 Å². The Kier molecular flexibility index (Phi) is 5.93. The summed E-state index contributed by atoms with van der Waals surface area (Å²) >= 11 is 0. The Balaban J connectivity index is 3.50. The van der Waals surface area contributed by atoms with E-state index in [9.17, 15) is 9.46 Å². The molecule has 1 atom stereocenters. The van der Waals surface area contributed by atoms with E-state index in [1.165, 1.54) is 0 Å². The van der Waals surface area contributed by atoms with Crippen LogP contribution < -0.4 is 4.89 Å². The lowest BCUT2D eigenvalue weighted by atomic mass is 10.4. The molecule has 70 valence electrons. The molecule has 0 saturated heterocycles. The molecule has 0 bridgehead atoms. The van der Waals surface area contributed by atoms with E-state index >= 15 is 0 Å². The van der Waals surface area contributed by atoms with Gasteiger partial charge in [-0.05, 0) is 6.42 Å². The number of hydrogen-bond donors (Lipinski definition) is 0. The Hall–Kier alpha value is -0.410. The Morgan fingerprint density at radius 3 is 2.83 bits per heavy atom. The normalized spacial score (nSPS) is 16.2. The average Bonchev–Trinajstić information content (AvgIpc) is 2.04. The molecule has 0 saturated carbocycles. The molecule has 0 rings (SSSR count). The predicted octanol–water partition coefficient (Wildman–Crippen LogP) is 1.25. The lowest BCUT2D eigenvalue weighted by molar-refractivity contribution is -0.222. The monoisotopic (exact) mass is 191 g/mol. The fraction of sp³-hybridized carbons (Fsp3) is 0.429. The molecule has 0 fully saturated rings. The molecule has 1 unspecified atom stereocenters. The molecule has 0 heterocycles. The van der Waals surface area contributed by atoms with Gasteiger partial charge in [-0.2, -0.15) is 0 Å². The van der Waals surface area contributed by atoms with Crippen molar-refractivity contribution in [1.82, 2.24) is 0 Å². The van der Waals surface area contributed by atoms with Gasteiger partial charge in [-0.1, -0.05) is 24.8 Å². The Morgan fingerprint density at radius 1 is 1.67 bits per heavy atom. The smallest absolute Gasteiger partial charge is 0.267 e. The summed E-state index contributed by atoms with van der Waals surface area (Å²) in [6.45, 7) is 3.55. The van der Waals surface area contributed by atoms with Crippen molar-refractivity contribution >= 4 is 7.82 Å². The van der Waals surface area contributed by atoms with Crippen LogP contribution in [0.15, 0.2) is 24.8 Å². The molecule has 0 aromatic heterocycles. The Morgan fingerprint density at radius 2 is 2.33 bits per heavy atom. The SMILES string of the molecule is C=C/C=C/CCOP(=O)([O-])OC. The zero-order valence-corrected chi connectivity index (χ0v) is 7.83. The fourth-order valence-electron chi connectivity index (χ4n) is 0.478. The minimum absolute atomic E-state index is 0.0962. The number of hydrogen-bond acceptors (Lipinski definition) is 4. The highest BCUT2D eigenvalue weighted by Crippen LogP contribution is 2.36. The van der Waals surface area contributed by atoms with Crippen molar-refractivity contribution in [1.29, 1.82) is 0 Å². The third-order valence-corrected chi connectivity index (χ3v) is 1.98. The second-order valence-corrected chi connectivity index (χ2v) is 3.43. The van der Waals surface area contributed by atoms with Crippen LogP contribution in [0.2, 0.25) is 0 Å². The summed E-state index contributed by atoms with van der Waals surface area (Å²) in [5, 5.41) is 0. The van der Waals surface area contributed by atoms with Gasteiger partial charge in [0.05, 0.1) is 6.61 Å². The maximum atomic E-state index is 10.6. The summed E-state index contributed by atoms with van der Waals surface area (Å²) < 4.78 is 19.1. The third kappa shape index (κ3) is 6.31. The lowest BCUT2D eigenvalue weighted by Crippen LogP contribution is -2.06. The van der Waals surface area contributed by atoms with Gasteiger partial charge in [0.1, 0.15) is 0 Å². The molecule has 0 amide bonds. The largest absolute Gasteiger partial charge is 0.756 e. The molecule has 0 aliphatic rings. The topological polar surface area (TPSA) is 58.6 Å². The van der Waals surface area contributed by atoms with Crippen molar-refractivity contribution in [2.24, 2.45) is 0 Å². The first-order valence-electron chi connectivity index (χ1n) is 3.41. The number of rotatable bonds is 6. The van der Waals surface area contributed by atoms with E-state index < -0.39 is 7.82 Å². The number of phosphoric ester groups is 1. The summed E-state index contributed by atoms with van der Waals surface area (Å²) in [6.07, 6.45) is 5.59. The summed E-state index contributed by atoms with van der Waals surface area (Å²) in [4.78, 5) is 10.6. The van der Waals surface area contributed by atoms with Crippen LogP contribution in [-0.4, -0.2) is 13.7 Å². The highest BCUT2D eigenvalue weighted by molar-refractivity contribution is 7.45. The molecule has 0 aromatic carbocycles. The van der Waals surface area contributed by atoms with Gasteiger partial charge in [-0.15, -0.1) is 0 Å². The predicted molar refractivity (Wildman–Crippen MR) is 44.5 cm³/mol. The van der Waals surface area contributed by atoms with Gasteiger partial charge in [0.15, 0.2) is 0 Å². The van der Waals surface area contributed by atoms with E-state index in [1.54, 1.807) is 18.2 Å². The maximum Gasteiger partial charge on any atom is 0.267 e. The van der Waals surface area contributed by atoms with Crippen LogP contribution in [0.3, 0.4) is 0 Å². The zero-order valence-electron chi connectivity index (χ0n) is 6.93. The van der Waals surface area contributed by atoms with Crippen LogP contribution in [0.4, 0.5) is 0 Å². The van der Waals surface area contributed by atoms with Gasteiger partial charge in [0.25, 0.3) is 7.82 Å². The van der Waals surface area contributed by atoms with E-state index in [-0.39, 0.29) is 6.61 Å². The quantitative estimate of drug-likeness (QED) is 0.360. The number of allylic oxidation sites excluding steroid dienone is 2. The fourth-order valence-corrected chi connectivity index (χ4v) is 0.912. The van der Waals surface area contributed by atoms with E-state index in [4.69, 9.17) is 0 Å². The zero-order chi connectivity index (χ0) is 9.45. The van der Waals surface area contributed by atoms with E-state index in [0.717, 1.165) is 7.11 Å². The van der Waals surface area contributed by atoms with E-state index in [0.29, 0.717) is 6.42 Å². The summed E-state index contributed by atoms with van der Waals surface area (Å²) in [5.74, 6) is 0. The molecule has 5 heteroatoms. The molecular formula is C7H12O4P-. The van der Waals surface area contributed by atoms with E-state index in [2.05, 4.69) is 15.6 Å². The van der Waals surface area contributed by atoms with Crippen LogP contribution in [0.25, 0.3) is 0 Å². The van der Waals surface area contributed by atoms with Gasteiger partial charge in [0.2, 0.25) is 0 Å². The van der Waals surface area contributed by atoms with Crippen LogP contribution >= 0.6 is 7.82 Å². The summed E-state index contributed by atoms with van der Waals surface area (Å²) in [6, 6.07) is 0. The van der Waals surface area contributed by atoms with Crippen molar-refractivity contribution in [2.75, 3.05) is 13.7 Å². The van der Waals surface area contributed by atoms with E-state index in [1.807, 2.05) is 0 Å². The standard InChI is InChI=1S/C7H13O4P/c1-3-4-5-6-7-11-12(8,9)10-2/h3-5H,1,6-7H2,2H3,(H,8,9)/p-1/b5-4+. The maximum absolute atomic E-state index is 10.6. The molecule has 0 aliphatic heterocycles. The molecule has 0 aliphatic carbocycles. The molecule has 12 heavy (non-hydrogen) atoms.